The second-order valence-corrected chi connectivity index (χ2v) is 4.80. The van der Waals surface area contributed by atoms with Gasteiger partial charge in [-0.25, -0.2) is 0 Å². The third-order valence-electron chi connectivity index (χ3n) is 4.12. The summed E-state index contributed by atoms with van der Waals surface area (Å²) >= 11 is 0. The zero-order valence-electron chi connectivity index (χ0n) is 8.66. The van der Waals surface area contributed by atoms with Gasteiger partial charge in [-0.3, -0.25) is 0 Å². The van der Waals surface area contributed by atoms with E-state index in [4.69, 9.17) is 5.73 Å². The Morgan fingerprint density at radius 3 is 3.07 bits per heavy atom. The molecular formula is C13H17N. The first kappa shape index (κ1) is 8.49. The molecule has 2 aliphatic carbocycles. The highest BCUT2D eigenvalue weighted by molar-refractivity contribution is 5.46. The van der Waals surface area contributed by atoms with Crippen molar-refractivity contribution < 1.29 is 0 Å². The van der Waals surface area contributed by atoms with Crippen LogP contribution < -0.4 is 5.73 Å². The van der Waals surface area contributed by atoms with Gasteiger partial charge in [0, 0.05) is 6.04 Å². The van der Waals surface area contributed by atoms with Crippen molar-refractivity contribution in [2.24, 2.45) is 11.7 Å². The van der Waals surface area contributed by atoms with Gasteiger partial charge in [0.15, 0.2) is 0 Å². The molecule has 0 aromatic heterocycles. The van der Waals surface area contributed by atoms with Crippen molar-refractivity contribution in [2.45, 2.75) is 38.1 Å². The van der Waals surface area contributed by atoms with Crippen LogP contribution in [0.2, 0.25) is 0 Å². The molecule has 1 aromatic rings. The van der Waals surface area contributed by atoms with Crippen LogP contribution >= 0.6 is 0 Å². The van der Waals surface area contributed by atoms with Crippen molar-refractivity contribution >= 4 is 0 Å². The standard InChI is InChI=1S/C13H17N/c1-8-10-6-2-4-9-5-3-7-11(12(9)10)13(8)14/h3,5,7-8,10,13H,2,4,6,14H2,1H3. The summed E-state index contributed by atoms with van der Waals surface area (Å²) in [6, 6.07) is 6.98. The lowest BCUT2D eigenvalue weighted by molar-refractivity contribution is 0.393. The third kappa shape index (κ3) is 0.936. The van der Waals surface area contributed by atoms with Crippen molar-refractivity contribution in [1.29, 1.82) is 0 Å². The number of rotatable bonds is 0. The third-order valence-corrected chi connectivity index (χ3v) is 4.12. The minimum absolute atomic E-state index is 0.285. The first-order valence-corrected chi connectivity index (χ1v) is 5.66. The molecule has 0 saturated heterocycles. The van der Waals surface area contributed by atoms with Gasteiger partial charge in [-0.2, -0.15) is 0 Å². The Labute approximate surface area is 85.3 Å². The van der Waals surface area contributed by atoms with Crippen molar-refractivity contribution in [3.8, 4) is 0 Å². The molecule has 3 atom stereocenters. The van der Waals surface area contributed by atoms with E-state index < -0.39 is 0 Å². The lowest BCUT2D eigenvalue weighted by Crippen LogP contribution is -2.17. The fourth-order valence-electron chi connectivity index (χ4n) is 3.31. The van der Waals surface area contributed by atoms with Crippen LogP contribution in [0.5, 0.6) is 0 Å². The molecule has 0 radical (unpaired) electrons. The van der Waals surface area contributed by atoms with E-state index in [2.05, 4.69) is 25.1 Å². The first-order chi connectivity index (χ1) is 6.79. The molecule has 0 fully saturated rings. The highest BCUT2D eigenvalue weighted by atomic mass is 14.7. The Bertz CT molecular complexity index is 369. The molecule has 1 heteroatoms. The van der Waals surface area contributed by atoms with E-state index in [1.807, 2.05) is 0 Å². The normalized spacial score (nSPS) is 34.3. The molecular weight excluding hydrogens is 170 g/mol. The minimum atomic E-state index is 0.285. The Morgan fingerprint density at radius 1 is 1.36 bits per heavy atom. The average molecular weight is 187 g/mol. The summed E-state index contributed by atoms with van der Waals surface area (Å²) in [4.78, 5) is 0. The smallest absolute Gasteiger partial charge is 0.0329 e. The van der Waals surface area contributed by atoms with Crippen LogP contribution in [0.15, 0.2) is 18.2 Å². The van der Waals surface area contributed by atoms with Crippen molar-refractivity contribution in [2.75, 3.05) is 0 Å². The molecule has 2 aliphatic rings. The van der Waals surface area contributed by atoms with Crippen LogP contribution in [0.3, 0.4) is 0 Å². The van der Waals surface area contributed by atoms with E-state index in [0.717, 1.165) is 5.92 Å². The summed E-state index contributed by atoms with van der Waals surface area (Å²) in [6.45, 7) is 2.31. The molecule has 0 spiro atoms. The van der Waals surface area contributed by atoms with E-state index in [9.17, 15) is 0 Å². The van der Waals surface area contributed by atoms with E-state index >= 15 is 0 Å². The van der Waals surface area contributed by atoms with Crippen LogP contribution in [0.25, 0.3) is 0 Å². The van der Waals surface area contributed by atoms with Crippen molar-refractivity contribution in [3.05, 3.63) is 34.9 Å². The van der Waals surface area contributed by atoms with Gasteiger partial charge in [-0.05, 0) is 47.8 Å². The molecule has 0 aliphatic heterocycles. The summed E-state index contributed by atoms with van der Waals surface area (Å²) in [6.07, 6.45) is 3.95. The summed E-state index contributed by atoms with van der Waals surface area (Å²) in [5, 5.41) is 0. The highest BCUT2D eigenvalue weighted by Crippen LogP contribution is 2.49. The van der Waals surface area contributed by atoms with Gasteiger partial charge < -0.3 is 5.73 Å². The predicted octanol–water partition coefficient (Wildman–Crippen LogP) is 2.76. The Hall–Kier alpha value is -0.820. The molecule has 0 bridgehead atoms. The Kier molecular flexibility index (Phi) is 1.72. The average Bonchev–Trinajstić information content (AvgIpc) is 2.47. The molecule has 1 aromatic carbocycles. The lowest BCUT2D eigenvalue weighted by Gasteiger charge is -2.24. The number of aryl methyl sites for hydroxylation is 1. The Morgan fingerprint density at radius 2 is 2.21 bits per heavy atom. The largest absolute Gasteiger partial charge is 0.324 e. The Balaban J connectivity index is 2.22. The molecule has 3 unspecified atom stereocenters. The van der Waals surface area contributed by atoms with Crippen molar-refractivity contribution in [1.82, 2.24) is 0 Å². The molecule has 0 saturated carbocycles. The van der Waals surface area contributed by atoms with Gasteiger partial charge in [0.2, 0.25) is 0 Å². The van der Waals surface area contributed by atoms with Crippen LogP contribution in [0.4, 0.5) is 0 Å². The molecule has 2 N–H and O–H groups in total. The zero-order valence-corrected chi connectivity index (χ0v) is 8.66. The van der Waals surface area contributed by atoms with Gasteiger partial charge in [-0.15, -0.1) is 0 Å². The monoisotopic (exact) mass is 187 g/mol. The van der Waals surface area contributed by atoms with Crippen LogP contribution in [0, 0.1) is 5.92 Å². The maximum absolute atomic E-state index is 6.25. The molecule has 3 rings (SSSR count). The molecule has 0 heterocycles. The van der Waals surface area contributed by atoms with Crippen molar-refractivity contribution in [3.63, 3.8) is 0 Å². The van der Waals surface area contributed by atoms with Crippen LogP contribution in [-0.4, -0.2) is 0 Å². The summed E-state index contributed by atoms with van der Waals surface area (Å²) in [5.74, 6) is 1.40. The number of hydrogen-bond acceptors (Lipinski definition) is 1. The SMILES string of the molecule is CC1C(N)c2cccc3c2C1CCC3. The van der Waals surface area contributed by atoms with E-state index in [0.29, 0.717) is 5.92 Å². The van der Waals surface area contributed by atoms with E-state index in [1.54, 1.807) is 11.1 Å². The van der Waals surface area contributed by atoms with Gasteiger partial charge in [0.05, 0.1) is 0 Å². The molecule has 1 nitrogen and oxygen atoms in total. The minimum Gasteiger partial charge on any atom is -0.324 e. The van der Waals surface area contributed by atoms with Crippen LogP contribution in [-0.2, 0) is 6.42 Å². The number of hydrogen-bond donors (Lipinski definition) is 1. The van der Waals surface area contributed by atoms with Gasteiger partial charge in [0.25, 0.3) is 0 Å². The summed E-state index contributed by atoms with van der Waals surface area (Å²) in [5.41, 5.74) is 10.9. The number of benzene rings is 1. The topological polar surface area (TPSA) is 26.0 Å². The second-order valence-electron chi connectivity index (χ2n) is 4.80. The first-order valence-electron chi connectivity index (χ1n) is 5.66. The van der Waals surface area contributed by atoms with Crippen LogP contribution in [0.1, 0.15) is 48.4 Å². The number of nitrogens with two attached hydrogens (primary N) is 1. The van der Waals surface area contributed by atoms with Gasteiger partial charge >= 0.3 is 0 Å². The highest BCUT2D eigenvalue weighted by Gasteiger charge is 2.38. The quantitative estimate of drug-likeness (QED) is 0.664. The van der Waals surface area contributed by atoms with Gasteiger partial charge in [-0.1, -0.05) is 25.1 Å². The molecule has 74 valence electrons. The molecule has 0 amide bonds. The summed E-state index contributed by atoms with van der Waals surface area (Å²) < 4.78 is 0. The van der Waals surface area contributed by atoms with E-state index in [1.165, 1.54) is 24.8 Å². The summed E-state index contributed by atoms with van der Waals surface area (Å²) in [7, 11) is 0. The van der Waals surface area contributed by atoms with E-state index in [-0.39, 0.29) is 6.04 Å². The lowest BCUT2D eigenvalue weighted by atomic mass is 9.81. The fourth-order valence-corrected chi connectivity index (χ4v) is 3.31. The second kappa shape index (κ2) is 2.83. The van der Waals surface area contributed by atoms with Gasteiger partial charge in [0.1, 0.15) is 0 Å². The predicted molar refractivity (Wildman–Crippen MR) is 58.2 cm³/mol. The fraction of sp³-hybridized carbons (Fsp3) is 0.538. The maximum Gasteiger partial charge on any atom is 0.0329 e. The maximum atomic E-state index is 6.25. The zero-order chi connectivity index (χ0) is 9.71. The molecule has 14 heavy (non-hydrogen) atoms.